The summed E-state index contributed by atoms with van der Waals surface area (Å²) >= 11 is 0. The molecule has 10 heteroatoms. The Morgan fingerprint density at radius 1 is 1.28 bits per heavy atom. The average molecular weight is 610 g/mol. The number of nitrogens with zero attached hydrogens (tertiary/aromatic N) is 4. The van der Waals surface area contributed by atoms with E-state index in [9.17, 15) is 9.90 Å². The van der Waals surface area contributed by atoms with Gasteiger partial charge in [-0.3, -0.25) is 9.69 Å². The van der Waals surface area contributed by atoms with Crippen LogP contribution in [0.5, 0.6) is 5.75 Å². The molecule has 2 aromatic heterocycles. The summed E-state index contributed by atoms with van der Waals surface area (Å²) in [7, 11) is 2.02. The number of aliphatic hydroxyl groups is 1. The van der Waals surface area contributed by atoms with Gasteiger partial charge in [0.25, 0.3) is 0 Å². The fourth-order valence-electron chi connectivity index (χ4n) is 5.79. The van der Waals surface area contributed by atoms with Crippen molar-refractivity contribution >= 4 is 30.9 Å². The Labute approximate surface area is 262 Å². The second-order valence-electron chi connectivity index (χ2n) is 11.9. The number of ketones is 1. The van der Waals surface area contributed by atoms with E-state index in [2.05, 4.69) is 40.0 Å². The maximum Gasteiger partial charge on any atom is 0.181 e. The van der Waals surface area contributed by atoms with Crippen molar-refractivity contribution < 1.29 is 19.1 Å². The average Bonchev–Trinajstić information content (AvgIpc) is 3.37. The molecular formula is C33H47N5O4S. The highest BCUT2D eigenvalue weighted by molar-refractivity contribution is 7.59. The van der Waals surface area contributed by atoms with Crippen LogP contribution >= 0.6 is 13.5 Å². The van der Waals surface area contributed by atoms with E-state index in [1.165, 1.54) is 23.9 Å². The van der Waals surface area contributed by atoms with Crippen molar-refractivity contribution in [3.05, 3.63) is 64.4 Å². The zero-order valence-corrected chi connectivity index (χ0v) is 27.0. The minimum absolute atomic E-state index is 0. The second-order valence-corrected chi connectivity index (χ2v) is 11.9. The van der Waals surface area contributed by atoms with E-state index in [0.29, 0.717) is 37.6 Å². The van der Waals surface area contributed by atoms with Crippen LogP contribution in [0.15, 0.2) is 35.1 Å². The van der Waals surface area contributed by atoms with Crippen LogP contribution in [0.3, 0.4) is 0 Å². The third kappa shape index (κ3) is 8.31. The number of hydrogen-bond acceptors (Lipinski definition) is 9. The Hall–Kier alpha value is -3.08. The predicted octanol–water partition coefficient (Wildman–Crippen LogP) is 5.57. The van der Waals surface area contributed by atoms with E-state index in [1.54, 1.807) is 0 Å². The lowest BCUT2D eigenvalue weighted by molar-refractivity contribution is 0.0836. The predicted molar refractivity (Wildman–Crippen MR) is 175 cm³/mol. The van der Waals surface area contributed by atoms with Crippen molar-refractivity contribution in [3.63, 3.8) is 0 Å². The molecule has 0 spiro atoms. The van der Waals surface area contributed by atoms with Crippen molar-refractivity contribution in [2.75, 3.05) is 36.9 Å². The molecular weight excluding hydrogens is 562 g/mol. The van der Waals surface area contributed by atoms with E-state index in [1.807, 2.05) is 32.2 Å². The van der Waals surface area contributed by atoms with Gasteiger partial charge in [-0.05, 0) is 87.3 Å². The van der Waals surface area contributed by atoms with Crippen molar-refractivity contribution in [2.24, 2.45) is 0 Å². The van der Waals surface area contributed by atoms with Crippen LogP contribution in [0, 0.1) is 13.8 Å². The molecule has 0 saturated heterocycles. The summed E-state index contributed by atoms with van der Waals surface area (Å²) in [6.45, 7) is 9.57. The number of Topliss-reactive ketones (excluding diaryl/α,β-unsaturated/α-hetero) is 1. The summed E-state index contributed by atoms with van der Waals surface area (Å²) < 4.78 is 11.5. The molecule has 1 aliphatic heterocycles. The zero-order valence-electron chi connectivity index (χ0n) is 26.0. The number of oxazole rings is 1. The van der Waals surface area contributed by atoms with Crippen molar-refractivity contribution in [1.29, 1.82) is 0 Å². The van der Waals surface area contributed by atoms with Gasteiger partial charge in [0.2, 0.25) is 0 Å². The van der Waals surface area contributed by atoms with Crippen LogP contribution in [0.25, 0.3) is 0 Å². The molecule has 0 radical (unpaired) electrons. The molecule has 43 heavy (non-hydrogen) atoms. The number of anilines is 2. The second kappa shape index (κ2) is 15.1. The van der Waals surface area contributed by atoms with Gasteiger partial charge in [0.1, 0.15) is 24.0 Å². The summed E-state index contributed by atoms with van der Waals surface area (Å²) in [5.41, 5.74) is 5.24. The van der Waals surface area contributed by atoms with Crippen LogP contribution < -0.4 is 15.0 Å². The number of nitrogens with one attached hydrogen (secondary N) is 1. The Morgan fingerprint density at radius 2 is 2.09 bits per heavy atom. The molecule has 0 bridgehead atoms. The lowest BCUT2D eigenvalue weighted by Crippen LogP contribution is -2.37. The number of rotatable bonds is 14. The van der Waals surface area contributed by atoms with Crippen LogP contribution in [0.1, 0.15) is 84.0 Å². The molecule has 3 aromatic rings. The van der Waals surface area contributed by atoms with Crippen LogP contribution in [0.2, 0.25) is 0 Å². The largest absolute Gasteiger partial charge is 0.485 e. The van der Waals surface area contributed by atoms with Gasteiger partial charge in [-0.15, -0.1) is 0 Å². The molecule has 2 aliphatic rings. The van der Waals surface area contributed by atoms with E-state index in [0.717, 1.165) is 79.7 Å². The van der Waals surface area contributed by atoms with Gasteiger partial charge in [-0.25, -0.2) is 9.97 Å². The molecule has 2 N–H and O–H groups in total. The molecule has 9 nitrogen and oxygen atoms in total. The standard InChI is InChI=1S/C33H45N5O4.H2S/c1-5-14-37(4)33-17-25(16-32(36-33)35-26-7-6-8-26)29(40)11-10-27(39)19-38-15-13-28-22(2)30(12-9-24(28)18-38)41-20-31-23(3)34-21-42-31;/h9,12,16-17,21,26-27,39H,5-8,10-11,13-15,18-20H2,1-4H3,(H,35,36);1H2/t27-;/m0./s1. The normalized spacial score (nSPS) is 15.7. The molecule has 234 valence electrons. The smallest absolute Gasteiger partial charge is 0.181 e. The molecule has 1 atom stereocenters. The highest BCUT2D eigenvalue weighted by Gasteiger charge is 2.23. The van der Waals surface area contributed by atoms with Crippen molar-refractivity contribution in [3.8, 4) is 5.75 Å². The SMILES string of the molecule is CCCN(C)c1cc(C(=O)CC[C@H](O)CN2CCc3c(ccc(OCc4ocnc4C)c3C)C2)cc(NC2CCC2)n1.S. The van der Waals surface area contributed by atoms with Crippen LogP contribution in [-0.2, 0) is 19.6 Å². The minimum atomic E-state index is -0.569. The highest BCUT2D eigenvalue weighted by Crippen LogP contribution is 2.30. The molecule has 1 saturated carbocycles. The number of aromatic nitrogens is 2. The van der Waals surface area contributed by atoms with E-state index >= 15 is 0 Å². The van der Waals surface area contributed by atoms with Gasteiger partial charge in [-0.2, -0.15) is 13.5 Å². The summed E-state index contributed by atoms with van der Waals surface area (Å²) in [6.07, 6.45) is 7.04. The molecule has 0 amide bonds. The Morgan fingerprint density at radius 3 is 2.79 bits per heavy atom. The number of carbonyl (C=O) groups excluding carboxylic acids is 1. The number of fused-ring (bicyclic) bond motifs is 1. The van der Waals surface area contributed by atoms with Crippen LogP contribution in [0.4, 0.5) is 11.6 Å². The maximum absolute atomic E-state index is 13.3. The Bertz CT molecular complexity index is 1380. The Kier molecular flexibility index (Phi) is 11.5. The molecule has 3 heterocycles. The number of benzene rings is 1. The first-order valence-electron chi connectivity index (χ1n) is 15.4. The fourth-order valence-corrected chi connectivity index (χ4v) is 5.79. The number of β-amino-alcohol motifs (C(OH)–C–C–N with tert-alkyl or cyclic N) is 1. The first kappa shape index (κ1) is 32.8. The lowest BCUT2D eigenvalue weighted by Gasteiger charge is -2.31. The molecule has 1 aliphatic carbocycles. The van der Waals surface area contributed by atoms with Gasteiger partial charge in [0.15, 0.2) is 17.9 Å². The minimum Gasteiger partial charge on any atom is -0.485 e. The van der Waals surface area contributed by atoms with E-state index in [-0.39, 0.29) is 19.3 Å². The molecule has 0 unspecified atom stereocenters. The van der Waals surface area contributed by atoms with Gasteiger partial charge >= 0.3 is 0 Å². The third-order valence-corrected chi connectivity index (χ3v) is 8.64. The van der Waals surface area contributed by atoms with Gasteiger partial charge in [-0.1, -0.05) is 13.0 Å². The maximum atomic E-state index is 13.3. The summed E-state index contributed by atoms with van der Waals surface area (Å²) in [5.74, 6) is 3.24. The molecule has 1 fully saturated rings. The van der Waals surface area contributed by atoms with Gasteiger partial charge in [0.05, 0.1) is 11.8 Å². The number of ether oxygens (including phenoxy) is 1. The summed E-state index contributed by atoms with van der Waals surface area (Å²) in [5, 5.41) is 14.4. The number of pyridine rings is 1. The number of aryl methyl sites for hydroxylation is 1. The quantitative estimate of drug-likeness (QED) is 0.227. The number of aliphatic hydroxyl groups excluding tert-OH is 1. The number of carbonyl (C=O) groups is 1. The van der Waals surface area contributed by atoms with Gasteiger partial charge in [0, 0.05) is 51.3 Å². The number of hydrogen-bond donors (Lipinski definition) is 2. The van der Waals surface area contributed by atoms with E-state index in [4.69, 9.17) is 14.1 Å². The van der Waals surface area contributed by atoms with Gasteiger partial charge < -0.3 is 24.5 Å². The first-order valence-corrected chi connectivity index (χ1v) is 15.4. The van der Waals surface area contributed by atoms with E-state index < -0.39 is 6.10 Å². The first-order chi connectivity index (χ1) is 20.3. The summed E-state index contributed by atoms with van der Waals surface area (Å²) in [4.78, 5) is 26.5. The topological polar surface area (TPSA) is 104 Å². The van der Waals surface area contributed by atoms with Crippen molar-refractivity contribution in [1.82, 2.24) is 14.9 Å². The molecule has 5 rings (SSSR count). The van der Waals surface area contributed by atoms with Crippen LogP contribution in [-0.4, -0.2) is 64.6 Å². The Balaban J connectivity index is 0.00000423. The highest BCUT2D eigenvalue weighted by atomic mass is 32.1. The summed E-state index contributed by atoms with van der Waals surface area (Å²) in [6, 6.07) is 8.36. The van der Waals surface area contributed by atoms with Crippen molar-refractivity contribution in [2.45, 2.75) is 91.0 Å². The monoisotopic (exact) mass is 609 g/mol. The zero-order chi connectivity index (χ0) is 29.6. The fraction of sp³-hybridized carbons (Fsp3) is 0.545. The lowest BCUT2D eigenvalue weighted by atomic mass is 9.93. The molecule has 1 aromatic carbocycles. The third-order valence-electron chi connectivity index (χ3n) is 8.64.